The summed E-state index contributed by atoms with van der Waals surface area (Å²) in [5, 5.41) is 14.5. The molecule has 0 aliphatic carbocycles. The van der Waals surface area contributed by atoms with Crippen molar-refractivity contribution in [1.82, 2.24) is 19.6 Å². The summed E-state index contributed by atoms with van der Waals surface area (Å²) >= 11 is 0. The smallest absolute Gasteiger partial charge is 0.306 e. The molecular formula is C15H16N4O2. The standard InChI is InChI=1S/C15H16N4O2/c1-8(15(20)21)7-12-9(2)17-14-11-5-4-6-16-13(11)18-19(14)10(12)3/h4-6,8H,7H2,1-3H3,(H,20,21). The van der Waals surface area contributed by atoms with E-state index in [9.17, 15) is 4.79 Å². The van der Waals surface area contributed by atoms with Crippen molar-refractivity contribution >= 4 is 22.6 Å². The van der Waals surface area contributed by atoms with Crippen LogP contribution in [0.4, 0.5) is 0 Å². The lowest BCUT2D eigenvalue weighted by Gasteiger charge is -2.13. The molecule has 6 heteroatoms. The number of hydrogen-bond donors (Lipinski definition) is 1. The highest BCUT2D eigenvalue weighted by molar-refractivity contribution is 5.89. The third-order valence-electron chi connectivity index (χ3n) is 3.82. The Morgan fingerprint density at radius 3 is 2.90 bits per heavy atom. The van der Waals surface area contributed by atoms with Gasteiger partial charge in [0.1, 0.15) is 0 Å². The summed E-state index contributed by atoms with van der Waals surface area (Å²) in [6.45, 7) is 5.55. The van der Waals surface area contributed by atoms with E-state index in [-0.39, 0.29) is 0 Å². The number of aromatic nitrogens is 4. The SMILES string of the molecule is Cc1nc2c3cccnc3nn2c(C)c1CC(C)C(=O)O. The molecule has 0 spiro atoms. The Bertz CT molecular complexity index is 854. The number of aliphatic carboxylic acids is 1. The van der Waals surface area contributed by atoms with Gasteiger partial charge < -0.3 is 5.11 Å². The van der Waals surface area contributed by atoms with E-state index in [1.165, 1.54) is 0 Å². The summed E-state index contributed by atoms with van der Waals surface area (Å²) in [5.41, 5.74) is 4.11. The maximum absolute atomic E-state index is 11.1. The van der Waals surface area contributed by atoms with Crippen molar-refractivity contribution in [2.45, 2.75) is 27.2 Å². The molecule has 3 rings (SSSR count). The molecule has 1 unspecified atom stereocenters. The van der Waals surface area contributed by atoms with Crippen molar-refractivity contribution in [2.24, 2.45) is 5.92 Å². The highest BCUT2D eigenvalue weighted by Crippen LogP contribution is 2.22. The number of pyridine rings is 1. The fourth-order valence-corrected chi connectivity index (χ4v) is 2.55. The van der Waals surface area contributed by atoms with Crippen molar-refractivity contribution in [3.8, 4) is 0 Å². The predicted octanol–water partition coefficient (Wildman–Crippen LogP) is 2.16. The van der Waals surface area contributed by atoms with Crippen molar-refractivity contribution in [3.05, 3.63) is 35.3 Å². The molecule has 0 radical (unpaired) electrons. The largest absolute Gasteiger partial charge is 0.481 e. The van der Waals surface area contributed by atoms with Crippen LogP contribution in [0.3, 0.4) is 0 Å². The Kier molecular flexibility index (Phi) is 3.08. The van der Waals surface area contributed by atoms with Crippen LogP contribution in [-0.4, -0.2) is 30.7 Å². The predicted molar refractivity (Wildman–Crippen MR) is 78.3 cm³/mol. The second-order valence-electron chi connectivity index (χ2n) is 5.31. The van der Waals surface area contributed by atoms with Crippen molar-refractivity contribution in [3.63, 3.8) is 0 Å². The molecular weight excluding hydrogens is 268 g/mol. The fraction of sp³-hybridized carbons (Fsp3) is 0.333. The molecule has 21 heavy (non-hydrogen) atoms. The number of fused-ring (bicyclic) bond motifs is 3. The molecule has 1 N–H and O–H groups in total. The summed E-state index contributed by atoms with van der Waals surface area (Å²) in [4.78, 5) is 19.9. The highest BCUT2D eigenvalue weighted by Gasteiger charge is 2.19. The van der Waals surface area contributed by atoms with E-state index in [1.807, 2.05) is 26.0 Å². The number of aryl methyl sites for hydroxylation is 2. The molecule has 0 aliphatic heterocycles. The number of carboxylic acid groups (broad SMARTS) is 1. The summed E-state index contributed by atoms with van der Waals surface area (Å²) in [6.07, 6.45) is 2.14. The van der Waals surface area contributed by atoms with Gasteiger partial charge >= 0.3 is 5.97 Å². The molecule has 0 bridgehead atoms. The fourth-order valence-electron chi connectivity index (χ4n) is 2.55. The Morgan fingerprint density at radius 1 is 1.43 bits per heavy atom. The molecule has 0 aliphatic rings. The van der Waals surface area contributed by atoms with Gasteiger partial charge in [-0.15, -0.1) is 5.10 Å². The summed E-state index contributed by atoms with van der Waals surface area (Å²) in [7, 11) is 0. The molecule has 0 fully saturated rings. The average Bonchev–Trinajstić information content (AvgIpc) is 2.82. The minimum Gasteiger partial charge on any atom is -0.481 e. The monoisotopic (exact) mass is 284 g/mol. The van der Waals surface area contributed by atoms with E-state index in [0.29, 0.717) is 12.1 Å². The van der Waals surface area contributed by atoms with Crippen LogP contribution in [0.5, 0.6) is 0 Å². The van der Waals surface area contributed by atoms with E-state index in [1.54, 1.807) is 17.6 Å². The number of hydrogen-bond acceptors (Lipinski definition) is 4. The molecule has 0 saturated carbocycles. The molecule has 1 atom stereocenters. The molecule has 0 amide bonds. The van der Waals surface area contributed by atoms with Crippen molar-refractivity contribution < 1.29 is 9.90 Å². The van der Waals surface area contributed by atoms with Crippen LogP contribution in [0.2, 0.25) is 0 Å². The van der Waals surface area contributed by atoms with Crippen LogP contribution in [0.1, 0.15) is 23.9 Å². The molecule has 6 nitrogen and oxygen atoms in total. The first kappa shape index (κ1) is 13.5. The number of carbonyl (C=O) groups is 1. The zero-order valence-corrected chi connectivity index (χ0v) is 12.2. The van der Waals surface area contributed by atoms with Gasteiger partial charge in [-0.05, 0) is 38.0 Å². The van der Waals surface area contributed by atoms with Gasteiger partial charge in [-0.25, -0.2) is 14.5 Å². The molecule has 0 aromatic carbocycles. The quantitative estimate of drug-likeness (QED) is 0.797. The van der Waals surface area contributed by atoms with Crippen LogP contribution in [0, 0.1) is 19.8 Å². The Hall–Kier alpha value is -2.50. The van der Waals surface area contributed by atoms with Gasteiger partial charge in [0.15, 0.2) is 11.3 Å². The summed E-state index contributed by atoms with van der Waals surface area (Å²) in [6, 6.07) is 3.80. The number of rotatable bonds is 3. The van der Waals surface area contributed by atoms with Crippen LogP contribution in [0.15, 0.2) is 18.3 Å². The zero-order valence-electron chi connectivity index (χ0n) is 12.2. The van der Waals surface area contributed by atoms with Crippen LogP contribution >= 0.6 is 0 Å². The van der Waals surface area contributed by atoms with E-state index >= 15 is 0 Å². The van der Waals surface area contributed by atoms with Crippen molar-refractivity contribution in [2.75, 3.05) is 0 Å². The lowest BCUT2D eigenvalue weighted by Crippen LogP contribution is -2.16. The van der Waals surface area contributed by atoms with Crippen LogP contribution in [-0.2, 0) is 11.2 Å². The third-order valence-corrected chi connectivity index (χ3v) is 3.82. The third kappa shape index (κ3) is 2.12. The van der Waals surface area contributed by atoms with E-state index in [0.717, 1.165) is 28.0 Å². The van der Waals surface area contributed by atoms with Gasteiger partial charge in [0.2, 0.25) is 0 Å². The molecule has 0 saturated heterocycles. The van der Waals surface area contributed by atoms with E-state index in [4.69, 9.17) is 5.11 Å². The van der Waals surface area contributed by atoms with E-state index < -0.39 is 11.9 Å². The van der Waals surface area contributed by atoms with Crippen LogP contribution < -0.4 is 0 Å². The minimum absolute atomic E-state index is 0.444. The average molecular weight is 284 g/mol. The Balaban J connectivity index is 2.23. The van der Waals surface area contributed by atoms with Crippen molar-refractivity contribution in [1.29, 1.82) is 0 Å². The Morgan fingerprint density at radius 2 is 2.19 bits per heavy atom. The van der Waals surface area contributed by atoms with Gasteiger partial charge in [-0.3, -0.25) is 4.79 Å². The molecule has 3 aromatic heterocycles. The van der Waals surface area contributed by atoms with Gasteiger partial charge in [0.25, 0.3) is 0 Å². The number of nitrogens with zero attached hydrogens (tertiary/aromatic N) is 4. The first-order chi connectivity index (χ1) is 9.99. The summed E-state index contributed by atoms with van der Waals surface area (Å²) < 4.78 is 1.76. The maximum atomic E-state index is 11.1. The molecule has 3 heterocycles. The zero-order chi connectivity index (χ0) is 15.1. The lowest BCUT2D eigenvalue weighted by molar-refractivity contribution is -0.141. The first-order valence-electron chi connectivity index (χ1n) is 6.81. The maximum Gasteiger partial charge on any atom is 0.306 e. The van der Waals surface area contributed by atoms with Gasteiger partial charge in [-0.1, -0.05) is 6.92 Å². The normalized spacial score (nSPS) is 12.9. The molecule has 3 aromatic rings. The van der Waals surface area contributed by atoms with Gasteiger partial charge in [-0.2, -0.15) is 0 Å². The van der Waals surface area contributed by atoms with E-state index in [2.05, 4.69) is 15.1 Å². The highest BCUT2D eigenvalue weighted by atomic mass is 16.4. The lowest BCUT2D eigenvalue weighted by atomic mass is 9.99. The topological polar surface area (TPSA) is 80.4 Å². The van der Waals surface area contributed by atoms with Gasteiger partial charge in [0, 0.05) is 17.6 Å². The number of carboxylic acids is 1. The van der Waals surface area contributed by atoms with Crippen LogP contribution in [0.25, 0.3) is 16.7 Å². The first-order valence-corrected chi connectivity index (χ1v) is 6.81. The minimum atomic E-state index is -0.804. The Labute approximate surface area is 121 Å². The summed E-state index contributed by atoms with van der Waals surface area (Å²) in [5.74, 6) is -1.26. The second-order valence-corrected chi connectivity index (χ2v) is 5.31. The van der Waals surface area contributed by atoms with Gasteiger partial charge in [0.05, 0.1) is 11.3 Å². The molecule has 108 valence electrons. The second kappa shape index (κ2) is 4.80.